The minimum Gasteiger partial charge on any atom is -0.325 e. The molecule has 0 amide bonds. The van der Waals surface area contributed by atoms with E-state index in [0.717, 1.165) is 22.8 Å². The van der Waals surface area contributed by atoms with Crippen molar-refractivity contribution < 1.29 is 0 Å². The molecule has 3 nitrogen and oxygen atoms in total. The van der Waals surface area contributed by atoms with Crippen LogP contribution < -0.4 is 10.7 Å². The second-order valence-corrected chi connectivity index (χ2v) is 6.67. The first-order valence-electron chi connectivity index (χ1n) is 7.99. The smallest absolute Gasteiger partial charge is 0.0828 e. The SMILES string of the molecule is CC(C)c1ccc(C2CC(CN)=NN2c2ccc(Cl)cc2)cc1. The van der Waals surface area contributed by atoms with Gasteiger partial charge in [0.1, 0.15) is 0 Å². The summed E-state index contributed by atoms with van der Waals surface area (Å²) in [6.07, 6.45) is 0.861. The Hall–Kier alpha value is -1.84. The molecule has 0 fully saturated rings. The normalized spacial score (nSPS) is 17.7. The molecule has 1 atom stereocenters. The Bertz CT molecular complexity index is 690. The van der Waals surface area contributed by atoms with Gasteiger partial charge in [-0.15, -0.1) is 0 Å². The Labute approximate surface area is 142 Å². The summed E-state index contributed by atoms with van der Waals surface area (Å²) in [5, 5.41) is 7.49. The molecule has 2 aromatic rings. The fourth-order valence-corrected chi connectivity index (χ4v) is 3.02. The van der Waals surface area contributed by atoms with Crippen LogP contribution in [0.25, 0.3) is 0 Å². The van der Waals surface area contributed by atoms with Gasteiger partial charge in [0, 0.05) is 18.0 Å². The van der Waals surface area contributed by atoms with E-state index in [-0.39, 0.29) is 6.04 Å². The highest BCUT2D eigenvalue weighted by Gasteiger charge is 2.28. The minimum atomic E-state index is 0.191. The predicted molar refractivity (Wildman–Crippen MR) is 98.3 cm³/mol. The van der Waals surface area contributed by atoms with E-state index in [9.17, 15) is 0 Å². The van der Waals surface area contributed by atoms with E-state index in [1.54, 1.807) is 0 Å². The lowest BCUT2D eigenvalue weighted by Gasteiger charge is -2.24. The zero-order chi connectivity index (χ0) is 16.4. The maximum Gasteiger partial charge on any atom is 0.0828 e. The number of benzene rings is 2. The Morgan fingerprint density at radius 2 is 1.78 bits per heavy atom. The number of hydrogen-bond donors (Lipinski definition) is 1. The molecule has 0 saturated carbocycles. The van der Waals surface area contributed by atoms with E-state index in [2.05, 4.69) is 43.1 Å². The van der Waals surface area contributed by atoms with E-state index in [1.807, 2.05) is 24.3 Å². The standard InChI is InChI=1S/C19H22ClN3/c1-13(2)14-3-5-15(6-4-14)19-11-17(12-21)22-23(19)18-9-7-16(20)8-10-18/h3-10,13,19H,11-12,21H2,1-2H3. The molecule has 0 spiro atoms. The van der Waals surface area contributed by atoms with E-state index in [4.69, 9.17) is 22.4 Å². The molecule has 1 unspecified atom stereocenters. The Morgan fingerprint density at radius 1 is 1.13 bits per heavy atom. The average Bonchev–Trinajstić information content (AvgIpc) is 3.00. The van der Waals surface area contributed by atoms with Crippen molar-refractivity contribution in [3.8, 4) is 0 Å². The first-order chi connectivity index (χ1) is 11.1. The fraction of sp³-hybridized carbons (Fsp3) is 0.316. The van der Waals surface area contributed by atoms with Crippen molar-refractivity contribution in [2.45, 2.75) is 32.2 Å². The molecule has 1 heterocycles. The Kier molecular flexibility index (Phi) is 4.69. The van der Waals surface area contributed by atoms with Crippen molar-refractivity contribution in [3.05, 3.63) is 64.7 Å². The zero-order valence-electron chi connectivity index (χ0n) is 13.5. The summed E-state index contributed by atoms with van der Waals surface area (Å²) in [4.78, 5) is 0. The van der Waals surface area contributed by atoms with Gasteiger partial charge in [0.05, 0.1) is 17.4 Å². The molecular formula is C19H22ClN3. The molecule has 1 aliphatic heterocycles. The van der Waals surface area contributed by atoms with Crippen LogP contribution in [0.5, 0.6) is 0 Å². The number of rotatable bonds is 4. The highest BCUT2D eigenvalue weighted by molar-refractivity contribution is 6.30. The van der Waals surface area contributed by atoms with Crippen LogP contribution in [-0.4, -0.2) is 12.3 Å². The van der Waals surface area contributed by atoms with Gasteiger partial charge in [0.15, 0.2) is 0 Å². The van der Waals surface area contributed by atoms with Crippen molar-refractivity contribution in [1.82, 2.24) is 0 Å². The number of hydrazone groups is 1. The van der Waals surface area contributed by atoms with E-state index in [1.165, 1.54) is 11.1 Å². The maximum atomic E-state index is 6.00. The van der Waals surface area contributed by atoms with Crippen molar-refractivity contribution in [2.24, 2.45) is 10.8 Å². The molecule has 0 aliphatic carbocycles. The van der Waals surface area contributed by atoms with Gasteiger partial charge in [-0.2, -0.15) is 5.10 Å². The molecule has 2 N–H and O–H groups in total. The van der Waals surface area contributed by atoms with Gasteiger partial charge in [-0.25, -0.2) is 0 Å². The van der Waals surface area contributed by atoms with E-state index >= 15 is 0 Å². The third-order valence-corrected chi connectivity index (χ3v) is 4.54. The second-order valence-electron chi connectivity index (χ2n) is 6.23. The van der Waals surface area contributed by atoms with E-state index < -0.39 is 0 Å². The Morgan fingerprint density at radius 3 is 2.35 bits per heavy atom. The third kappa shape index (κ3) is 3.41. The molecule has 23 heavy (non-hydrogen) atoms. The Balaban J connectivity index is 1.92. The van der Waals surface area contributed by atoms with Gasteiger partial charge in [-0.05, 0) is 41.3 Å². The van der Waals surface area contributed by atoms with Crippen molar-refractivity contribution in [1.29, 1.82) is 0 Å². The number of halogens is 1. The van der Waals surface area contributed by atoms with Gasteiger partial charge >= 0.3 is 0 Å². The summed E-state index contributed by atoms with van der Waals surface area (Å²) in [6, 6.07) is 16.8. The van der Waals surface area contributed by atoms with Crippen molar-refractivity contribution in [3.63, 3.8) is 0 Å². The van der Waals surface area contributed by atoms with Gasteiger partial charge in [-0.1, -0.05) is 49.7 Å². The van der Waals surface area contributed by atoms with E-state index in [0.29, 0.717) is 12.5 Å². The molecule has 1 aliphatic rings. The monoisotopic (exact) mass is 327 g/mol. The van der Waals surface area contributed by atoms with Crippen LogP contribution >= 0.6 is 11.6 Å². The molecule has 120 valence electrons. The lowest BCUT2D eigenvalue weighted by Crippen LogP contribution is -2.18. The third-order valence-electron chi connectivity index (χ3n) is 4.29. The van der Waals surface area contributed by atoms with Gasteiger partial charge < -0.3 is 5.73 Å². The number of hydrogen-bond acceptors (Lipinski definition) is 3. The minimum absolute atomic E-state index is 0.191. The van der Waals surface area contributed by atoms with Gasteiger partial charge in [-0.3, -0.25) is 5.01 Å². The predicted octanol–water partition coefficient (Wildman–Crippen LogP) is 4.73. The summed E-state index contributed by atoms with van der Waals surface area (Å²) in [6.45, 7) is 4.91. The van der Waals surface area contributed by atoms with Crippen LogP contribution in [0.3, 0.4) is 0 Å². The lowest BCUT2D eigenvalue weighted by atomic mass is 9.96. The molecule has 0 radical (unpaired) electrons. The lowest BCUT2D eigenvalue weighted by molar-refractivity contribution is 0.707. The van der Waals surface area contributed by atoms with Crippen LogP contribution in [0.15, 0.2) is 53.6 Å². The van der Waals surface area contributed by atoms with Crippen molar-refractivity contribution >= 4 is 23.0 Å². The summed E-state index contributed by atoms with van der Waals surface area (Å²) >= 11 is 6.00. The summed E-state index contributed by atoms with van der Waals surface area (Å²) in [5.74, 6) is 0.538. The molecule has 0 saturated heterocycles. The molecule has 0 bridgehead atoms. The van der Waals surface area contributed by atoms with Crippen LogP contribution in [-0.2, 0) is 0 Å². The first kappa shape index (κ1) is 16.0. The molecule has 3 rings (SSSR count). The van der Waals surface area contributed by atoms with Gasteiger partial charge in [0.2, 0.25) is 0 Å². The summed E-state index contributed by atoms with van der Waals surface area (Å²) < 4.78 is 0. The van der Waals surface area contributed by atoms with Crippen LogP contribution in [0.4, 0.5) is 5.69 Å². The topological polar surface area (TPSA) is 41.6 Å². The maximum absolute atomic E-state index is 6.00. The molecule has 4 heteroatoms. The van der Waals surface area contributed by atoms with Crippen LogP contribution in [0, 0.1) is 0 Å². The summed E-state index contributed by atoms with van der Waals surface area (Å²) in [7, 11) is 0. The number of nitrogens with zero attached hydrogens (tertiary/aromatic N) is 2. The highest BCUT2D eigenvalue weighted by atomic mass is 35.5. The quantitative estimate of drug-likeness (QED) is 0.882. The van der Waals surface area contributed by atoms with Crippen LogP contribution in [0.2, 0.25) is 5.02 Å². The number of nitrogens with two attached hydrogens (primary N) is 1. The van der Waals surface area contributed by atoms with Crippen molar-refractivity contribution in [2.75, 3.05) is 11.6 Å². The van der Waals surface area contributed by atoms with Gasteiger partial charge in [0.25, 0.3) is 0 Å². The highest BCUT2D eigenvalue weighted by Crippen LogP contribution is 2.35. The average molecular weight is 328 g/mol. The largest absolute Gasteiger partial charge is 0.325 e. The first-order valence-corrected chi connectivity index (χ1v) is 8.37. The number of anilines is 1. The van der Waals surface area contributed by atoms with Crippen LogP contribution in [0.1, 0.15) is 43.4 Å². The molecule has 2 aromatic carbocycles. The second kappa shape index (κ2) is 6.73. The zero-order valence-corrected chi connectivity index (χ0v) is 14.3. The fourth-order valence-electron chi connectivity index (χ4n) is 2.89. The molecular weight excluding hydrogens is 306 g/mol. The summed E-state index contributed by atoms with van der Waals surface area (Å²) in [5.41, 5.74) is 10.5. The molecule has 0 aromatic heterocycles.